The highest BCUT2D eigenvalue weighted by atomic mass is 32.2. The molecule has 0 saturated heterocycles. The van der Waals surface area contributed by atoms with Crippen molar-refractivity contribution < 1.29 is 27.8 Å². The molecule has 1 atom stereocenters. The van der Waals surface area contributed by atoms with E-state index in [-0.39, 0.29) is 25.0 Å². The number of ether oxygens (including phenoxy) is 1. The number of benzene rings is 3. The fourth-order valence-electron chi connectivity index (χ4n) is 5.58. The van der Waals surface area contributed by atoms with Gasteiger partial charge in [0.25, 0.3) is 5.91 Å². The van der Waals surface area contributed by atoms with Crippen molar-refractivity contribution in [3.63, 3.8) is 0 Å². The van der Waals surface area contributed by atoms with Crippen LogP contribution in [0.15, 0.2) is 77.7 Å². The van der Waals surface area contributed by atoms with Crippen molar-refractivity contribution in [3.8, 4) is 17.1 Å². The molecule has 0 spiro atoms. The van der Waals surface area contributed by atoms with Crippen LogP contribution in [0.25, 0.3) is 11.3 Å². The van der Waals surface area contributed by atoms with Crippen molar-refractivity contribution in [1.82, 2.24) is 14.9 Å². The number of hydrogen-bond donors (Lipinski definition) is 2. The van der Waals surface area contributed by atoms with Gasteiger partial charge in [0.1, 0.15) is 6.61 Å². The van der Waals surface area contributed by atoms with Gasteiger partial charge >= 0.3 is 6.18 Å². The van der Waals surface area contributed by atoms with Crippen LogP contribution in [-0.2, 0) is 12.1 Å². The SMILES string of the molecule is Cc1cccc(C)c1-c1cc2nc(n1)NSc1cccc(c1)C(=O)N(Cc1ccc(C(C)(C)O)cc1)[C@H](CC(C)(C)C(F)(F)F)CO2. The Morgan fingerprint density at radius 3 is 2.26 bits per heavy atom. The number of fused-ring (bicyclic) bond motifs is 4. The van der Waals surface area contributed by atoms with Crippen molar-refractivity contribution in [3.05, 3.63) is 101 Å². The van der Waals surface area contributed by atoms with E-state index in [9.17, 15) is 23.1 Å². The fraction of sp³-hybridized carbons (Fsp3) is 0.361. The summed E-state index contributed by atoms with van der Waals surface area (Å²) >= 11 is 1.22. The number of hydrogen-bond acceptors (Lipinski definition) is 7. The lowest BCUT2D eigenvalue weighted by Gasteiger charge is -2.38. The van der Waals surface area contributed by atoms with Crippen LogP contribution in [0.5, 0.6) is 5.88 Å². The third-order valence-electron chi connectivity index (χ3n) is 8.43. The molecule has 0 unspecified atom stereocenters. The highest BCUT2D eigenvalue weighted by Gasteiger charge is 2.49. The van der Waals surface area contributed by atoms with Gasteiger partial charge < -0.3 is 14.7 Å². The Hall–Kier alpha value is -4.09. The van der Waals surface area contributed by atoms with Crippen LogP contribution in [0.3, 0.4) is 0 Å². The number of nitrogens with zero attached hydrogens (tertiary/aromatic N) is 3. The van der Waals surface area contributed by atoms with Gasteiger partial charge in [0, 0.05) is 28.6 Å². The van der Waals surface area contributed by atoms with Crippen LogP contribution in [0.1, 0.15) is 66.7 Å². The fourth-order valence-corrected chi connectivity index (χ4v) is 6.21. The molecule has 5 rings (SSSR count). The van der Waals surface area contributed by atoms with Gasteiger partial charge in [0.15, 0.2) is 0 Å². The molecule has 11 heteroatoms. The predicted octanol–water partition coefficient (Wildman–Crippen LogP) is 8.49. The van der Waals surface area contributed by atoms with Crippen LogP contribution in [0, 0.1) is 19.3 Å². The Morgan fingerprint density at radius 1 is 0.957 bits per heavy atom. The van der Waals surface area contributed by atoms with Crippen LogP contribution in [-0.4, -0.2) is 44.7 Å². The average Bonchev–Trinajstić information content (AvgIpc) is 3.00. The van der Waals surface area contributed by atoms with Gasteiger partial charge in [-0.3, -0.25) is 9.52 Å². The van der Waals surface area contributed by atoms with Crippen LogP contribution >= 0.6 is 11.9 Å². The van der Waals surface area contributed by atoms with Gasteiger partial charge in [-0.05, 0) is 86.5 Å². The molecule has 2 N–H and O–H groups in total. The van der Waals surface area contributed by atoms with E-state index in [2.05, 4.69) is 9.71 Å². The number of aryl methyl sites for hydroxylation is 2. The number of aromatic nitrogens is 2. The van der Waals surface area contributed by atoms with Crippen molar-refractivity contribution >= 4 is 23.8 Å². The van der Waals surface area contributed by atoms with Crippen molar-refractivity contribution in [2.24, 2.45) is 5.41 Å². The monoisotopic (exact) mass is 664 g/mol. The number of halogens is 3. The second kappa shape index (κ2) is 13.2. The van der Waals surface area contributed by atoms with Crippen LogP contribution < -0.4 is 9.46 Å². The van der Waals surface area contributed by atoms with E-state index in [4.69, 9.17) is 9.72 Å². The molecule has 1 aliphatic heterocycles. The summed E-state index contributed by atoms with van der Waals surface area (Å²) in [4.78, 5) is 25.7. The van der Waals surface area contributed by atoms with Crippen LogP contribution in [0.4, 0.5) is 19.1 Å². The normalized spacial score (nSPS) is 16.0. The number of nitrogens with one attached hydrogen (secondary N) is 1. The van der Waals surface area contributed by atoms with Gasteiger partial charge in [-0.25, -0.2) is 4.98 Å². The first kappa shape index (κ1) is 34.3. The topological polar surface area (TPSA) is 87.6 Å². The van der Waals surface area contributed by atoms with Gasteiger partial charge in [0.05, 0.1) is 22.8 Å². The number of carbonyl (C=O) groups is 1. The van der Waals surface area contributed by atoms with E-state index in [0.717, 1.165) is 30.5 Å². The Bertz CT molecular complexity index is 1730. The minimum atomic E-state index is -4.53. The highest BCUT2D eigenvalue weighted by Crippen LogP contribution is 2.42. The minimum absolute atomic E-state index is 0.0191. The largest absolute Gasteiger partial charge is 0.475 e. The Morgan fingerprint density at radius 2 is 1.62 bits per heavy atom. The molecule has 0 radical (unpaired) electrons. The number of amides is 1. The molecule has 4 bridgehead atoms. The van der Waals surface area contributed by atoms with Gasteiger partial charge in [0.2, 0.25) is 11.8 Å². The summed E-state index contributed by atoms with van der Waals surface area (Å²) in [5.41, 5.74) is 1.97. The zero-order valence-corrected chi connectivity index (χ0v) is 28.1. The van der Waals surface area contributed by atoms with Crippen LogP contribution in [0.2, 0.25) is 0 Å². The average molecular weight is 665 g/mol. The summed E-state index contributed by atoms with van der Waals surface area (Å²) < 4.78 is 52.4. The first-order valence-corrected chi connectivity index (χ1v) is 16.1. The molecule has 2 heterocycles. The zero-order valence-electron chi connectivity index (χ0n) is 27.3. The molecule has 47 heavy (non-hydrogen) atoms. The first-order chi connectivity index (χ1) is 22.0. The maximum absolute atomic E-state index is 14.4. The minimum Gasteiger partial charge on any atom is -0.475 e. The standard InChI is InChI=1S/C36H39F3N4O3S/c1-22-9-7-10-23(2)31(22)29-18-30-41-33(40-29)42-47-28-12-8-11-25(17-28)32(44)43(20-24-13-15-26(16-14-24)35(5,6)45)27(21-46-30)19-34(3,4)36(37,38)39/h7-18,27,45H,19-21H2,1-6H3,(H,40,41,42)/t27-/m1/s1. The summed E-state index contributed by atoms with van der Waals surface area (Å²) in [6.07, 6.45) is -4.95. The molecule has 1 amide bonds. The van der Waals surface area contributed by atoms with Gasteiger partial charge in [-0.15, -0.1) is 0 Å². The molecule has 248 valence electrons. The molecule has 4 aromatic rings. The molecule has 1 aliphatic rings. The second-order valence-electron chi connectivity index (χ2n) is 13.2. The van der Waals surface area contributed by atoms with E-state index in [0.29, 0.717) is 27.3 Å². The first-order valence-electron chi connectivity index (χ1n) is 15.3. The molecule has 3 aromatic carbocycles. The molecule has 0 fully saturated rings. The maximum atomic E-state index is 14.4. The van der Waals surface area contributed by atoms with Gasteiger partial charge in [-0.1, -0.05) is 62.4 Å². The molecular weight excluding hydrogens is 625 g/mol. The number of carbonyl (C=O) groups excluding carboxylic acids is 1. The number of anilines is 1. The predicted molar refractivity (Wildman–Crippen MR) is 178 cm³/mol. The lowest BCUT2D eigenvalue weighted by molar-refractivity contribution is -0.217. The van der Waals surface area contributed by atoms with Gasteiger partial charge in [-0.2, -0.15) is 18.2 Å². The second-order valence-corrected chi connectivity index (χ2v) is 14.0. The quantitative estimate of drug-likeness (QED) is 0.200. The molecule has 1 aromatic heterocycles. The highest BCUT2D eigenvalue weighted by molar-refractivity contribution is 8.00. The number of alkyl halides is 3. The lowest BCUT2D eigenvalue weighted by Crippen LogP contribution is -2.48. The summed E-state index contributed by atoms with van der Waals surface area (Å²) in [7, 11) is 0. The van der Waals surface area contributed by atoms with Crippen molar-refractivity contribution in [2.75, 3.05) is 11.3 Å². The third-order valence-corrected chi connectivity index (χ3v) is 9.21. The summed E-state index contributed by atoms with van der Waals surface area (Å²) in [5, 5.41) is 10.4. The van der Waals surface area contributed by atoms with Crippen molar-refractivity contribution in [1.29, 1.82) is 0 Å². The molecule has 0 saturated carbocycles. The molecular formula is C36H39F3N4O3S. The van der Waals surface area contributed by atoms with E-state index >= 15 is 0 Å². The molecule has 0 aliphatic carbocycles. The van der Waals surface area contributed by atoms with E-state index in [1.165, 1.54) is 16.8 Å². The summed E-state index contributed by atoms with van der Waals surface area (Å²) in [5.74, 6) is -0.000592. The lowest BCUT2D eigenvalue weighted by atomic mass is 9.84. The zero-order chi connectivity index (χ0) is 34.1. The smallest absolute Gasteiger partial charge is 0.394 e. The maximum Gasteiger partial charge on any atom is 0.394 e. The van der Waals surface area contributed by atoms with E-state index in [1.807, 2.05) is 38.1 Å². The third kappa shape index (κ3) is 7.90. The molecule has 7 nitrogen and oxygen atoms in total. The van der Waals surface area contributed by atoms with E-state index in [1.54, 1.807) is 62.4 Å². The Labute approximate surface area is 277 Å². The number of rotatable bonds is 6. The Kier molecular flexibility index (Phi) is 9.62. The summed E-state index contributed by atoms with van der Waals surface area (Å²) in [6, 6.07) is 20.6. The van der Waals surface area contributed by atoms with E-state index < -0.39 is 35.6 Å². The number of aliphatic hydroxyl groups is 1. The Balaban J connectivity index is 1.62. The summed E-state index contributed by atoms with van der Waals surface area (Å²) in [6.45, 7) is 9.34. The van der Waals surface area contributed by atoms with Crippen molar-refractivity contribution in [2.45, 2.75) is 77.2 Å².